The number of hydrogen-bond donors (Lipinski definition) is 0. The maximum atomic E-state index is 11.7. The van der Waals surface area contributed by atoms with Crippen LogP contribution >= 0.6 is 11.8 Å². The third-order valence-corrected chi connectivity index (χ3v) is 6.60. The van der Waals surface area contributed by atoms with Crippen LogP contribution < -0.4 is 0 Å². The van der Waals surface area contributed by atoms with E-state index in [4.69, 9.17) is 0 Å². The Morgan fingerprint density at radius 1 is 1.67 bits per heavy atom. The van der Waals surface area contributed by atoms with Crippen LogP contribution in [0.15, 0.2) is 0 Å². The fraction of sp³-hybridized carbons (Fsp3) is 0.875. The van der Waals surface area contributed by atoms with E-state index in [9.17, 15) is 9.00 Å². The lowest BCUT2D eigenvalue weighted by Gasteiger charge is -2.32. The molecule has 0 N–H and O–H groups in total. The molecule has 70 valence electrons. The maximum Gasteiger partial charge on any atom is 0.158 e. The standard InChI is InChI=1S/C8H14O2S2/c1-3-8(7(2)9)11-5-4-6-12(8)10/h3-6H2,1-2H3/t8-,12?/m1/s1. The molecule has 12 heavy (non-hydrogen) atoms. The first-order chi connectivity index (χ1) is 5.63. The second-order valence-electron chi connectivity index (χ2n) is 2.91. The van der Waals surface area contributed by atoms with Crippen molar-refractivity contribution >= 4 is 28.3 Å². The van der Waals surface area contributed by atoms with Crippen molar-refractivity contribution < 1.29 is 9.00 Å². The Balaban J connectivity index is 2.88. The van der Waals surface area contributed by atoms with Crippen molar-refractivity contribution in [3.63, 3.8) is 0 Å². The summed E-state index contributed by atoms with van der Waals surface area (Å²) in [5.41, 5.74) is 0. The molecule has 0 aromatic heterocycles. The van der Waals surface area contributed by atoms with Crippen molar-refractivity contribution in [1.29, 1.82) is 0 Å². The molecule has 0 saturated carbocycles. The minimum Gasteiger partial charge on any atom is -0.297 e. The molecule has 2 atom stereocenters. The lowest BCUT2D eigenvalue weighted by molar-refractivity contribution is -0.117. The average molecular weight is 206 g/mol. The fourth-order valence-corrected chi connectivity index (χ4v) is 5.04. The van der Waals surface area contributed by atoms with Crippen molar-refractivity contribution in [3.8, 4) is 0 Å². The highest BCUT2D eigenvalue weighted by molar-refractivity contribution is 8.14. The quantitative estimate of drug-likeness (QED) is 0.687. The van der Waals surface area contributed by atoms with Gasteiger partial charge in [-0.1, -0.05) is 6.92 Å². The number of thioether (sulfide) groups is 1. The van der Waals surface area contributed by atoms with E-state index in [-0.39, 0.29) is 5.78 Å². The van der Waals surface area contributed by atoms with Crippen molar-refractivity contribution in [1.82, 2.24) is 0 Å². The number of carbonyl (C=O) groups is 1. The van der Waals surface area contributed by atoms with E-state index in [2.05, 4.69) is 0 Å². The first-order valence-electron chi connectivity index (χ1n) is 4.17. The van der Waals surface area contributed by atoms with Gasteiger partial charge in [-0.05, 0) is 25.5 Å². The molecule has 2 nitrogen and oxygen atoms in total. The molecule has 0 bridgehead atoms. The van der Waals surface area contributed by atoms with Gasteiger partial charge in [0.05, 0.1) is 0 Å². The predicted molar refractivity (Wildman–Crippen MR) is 53.8 cm³/mol. The summed E-state index contributed by atoms with van der Waals surface area (Å²) in [7, 11) is -0.953. The zero-order valence-corrected chi connectivity index (χ0v) is 9.09. The van der Waals surface area contributed by atoms with Crippen LogP contribution in [0.1, 0.15) is 26.7 Å². The summed E-state index contributed by atoms with van der Waals surface area (Å²) in [6.07, 6.45) is 1.67. The molecule has 1 aliphatic rings. The average Bonchev–Trinajstić information content (AvgIpc) is 2.05. The van der Waals surface area contributed by atoms with Crippen molar-refractivity contribution in [3.05, 3.63) is 0 Å². The molecule has 4 heteroatoms. The zero-order chi connectivity index (χ0) is 9.19. The van der Waals surface area contributed by atoms with Crippen LogP contribution in [0.25, 0.3) is 0 Å². The minimum absolute atomic E-state index is 0.0769. The van der Waals surface area contributed by atoms with E-state index in [1.807, 2.05) is 6.92 Å². The van der Waals surface area contributed by atoms with Gasteiger partial charge in [-0.3, -0.25) is 9.00 Å². The molecule has 0 aliphatic carbocycles. The van der Waals surface area contributed by atoms with Gasteiger partial charge in [0.2, 0.25) is 0 Å². The van der Waals surface area contributed by atoms with Gasteiger partial charge in [-0.25, -0.2) is 0 Å². The topological polar surface area (TPSA) is 34.1 Å². The first-order valence-corrected chi connectivity index (χ1v) is 6.47. The highest BCUT2D eigenvalue weighted by Gasteiger charge is 2.42. The van der Waals surface area contributed by atoms with Crippen LogP contribution in [0, 0.1) is 0 Å². The summed E-state index contributed by atoms with van der Waals surface area (Å²) >= 11 is 1.58. The van der Waals surface area contributed by atoms with Gasteiger partial charge in [0.1, 0.15) is 4.08 Å². The number of carbonyl (C=O) groups excluding carboxylic acids is 1. The van der Waals surface area contributed by atoms with Gasteiger partial charge < -0.3 is 0 Å². The summed E-state index contributed by atoms with van der Waals surface area (Å²) in [6, 6.07) is 0. The normalized spacial score (nSPS) is 36.3. The SMILES string of the molecule is CC[C@@]1(C(C)=O)SCCCS1=O. The first kappa shape index (κ1) is 10.3. The maximum absolute atomic E-state index is 11.7. The second-order valence-corrected chi connectivity index (χ2v) is 6.36. The molecule has 1 heterocycles. The van der Waals surface area contributed by atoms with E-state index >= 15 is 0 Å². The van der Waals surface area contributed by atoms with Crippen LogP contribution in [-0.4, -0.2) is 25.6 Å². The number of ketones is 1. The smallest absolute Gasteiger partial charge is 0.158 e. The van der Waals surface area contributed by atoms with Gasteiger partial charge in [-0.15, -0.1) is 11.8 Å². The minimum atomic E-state index is -0.953. The molecule has 1 saturated heterocycles. The number of Topliss-reactive ketones (excluding diaryl/α,β-unsaturated/α-hetero) is 1. The highest BCUT2D eigenvalue weighted by Crippen LogP contribution is 2.38. The van der Waals surface area contributed by atoms with Crippen molar-refractivity contribution in [2.45, 2.75) is 30.8 Å². The molecule has 0 aromatic rings. The Hall–Kier alpha value is 0.170. The second kappa shape index (κ2) is 3.92. The van der Waals surface area contributed by atoms with Gasteiger partial charge in [0.15, 0.2) is 5.78 Å². The number of rotatable bonds is 2. The molecule has 0 amide bonds. The molecular weight excluding hydrogens is 192 g/mol. The Morgan fingerprint density at radius 2 is 2.33 bits per heavy atom. The van der Waals surface area contributed by atoms with Gasteiger partial charge in [-0.2, -0.15) is 0 Å². The van der Waals surface area contributed by atoms with Crippen LogP contribution in [0.2, 0.25) is 0 Å². The molecule has 0 aromatic carbocycles. The molecule has 0 radical (unpaired) electrons. The van der Waals surface area contributed by atoms with Crippen molar-refractivity contribution in [2.75, 3.05) is 11.5 Å². The van der Waals surface area contributed by atoms with Gasteiger partial charge in [0.25, 0.3) is 0 Å². The summed E-state index contributed by atoms with van der Waals surface area (Å²) in [6.45, 7) is 3.50. The van der Waals surface area contributed by atoms with E-state index < -0.39 is 14.9 Å². The number of hydrogen-bond acceptors (Lipinski definition) is 3. The van der Waals surface area contributed by atoms with Crippen molar-refractivity contribution in [2.24, 2.45) is 0 Å². The van der Waals surface area contributed by atoms with E-state index in [0.717, 1.165) is 12.2 Å². The third-order valence-electron chi connectivity index (χ3n) is 2.18. The van der Waals surface area contributed by atoms with Gasteiger partial charge >= 0.3 is 0 Å². The van der Waals surface area contributed by atoms with E-state index in [0.29, 0.717) is 12.2 Å². The molecule has 1 fully saturated rings. The van der Waals surface area contributed by atoms with Crippen LogP contribution in [0.5, 0.6) is 0 Å². The van der Waals surface area contributed by atoms with E-state index in [1.165, 1.54) is 0 Å². The Bertz CT molecular complexity index is 215. The predicted octanol–water partition coefficient (Wildman–Crippen LogP) is 1.57. The Labute approximate surface area is 79.9 Å². The zero-order valence-electron chi connectivity index (χ0n) is 7.46. The largest absolute Gasteiger partial charge is 0.297 e. The third kappa shape index (κ3) is 1.59. The fourth-order valence-electron chi connectivity index (χ4n) is 1.43. The lowest BCUT2D eigenvalue weighted by atomic mass is 10.2. The highest BCUT2D eigenvalue weighted by atomic mass is 32.2. The molecule has 1 unspecified atom stereocenters. The molecular formula is C8H14O2S2. The van der Waals surface area contributed by atoms with Crippen LogP contribution in [0.4, 0.5) is 0 Å². The molecule has 0 spiro atoms. The Kier molecular flexibility index (Phi) is 3.35. The van der Waals surface area contributed by atoms with Crippen LogP contribution in [-0.2, 0) is 15.6 Å². The van der Waals surface area contributed by atoms with Gasteiger partial charge in [0, 0.05) is 16.6 Å². The summed E-state index contributed by atoms with van der Waals surface area (Å²) in [5.74, 6) is 1.74. The molecule has 1 aliphatic heterocycles. The molecule has 1 rings (SSSR count). The lowest BCUT2D eigenvalue weighted by Crippen LogP contribution is -2.41. The Morgan fingerprint density at radius 3 is 2.67 bits per heavy atom. The monoisotopic (exact) mass is 206 g/mol. The summed E-state index contributed by atoms with van der Waals surface area (Å²) in [4.78, 5) is 11.3. The van der Waals surface area contributed by atoms with Crippen LogP contribution in [0.3, 0.4) is 0 Å². The van der Waals surface area contributed by atoms with E-state index in [1.54, 1.807) is 18.7 Å². The summed E-state index contributed by atoms with van der Waals surface area (Å²) in [5, 5.41) is 0. The summed E-state index contributed by atoms with van der Waals surface area (Å²) < 4.78 is 11.1.